The quantitative estimate of drug-likeness (QED) is 0.0477. The first kappa shape index (κ1) is 56.1. The number of phenolic OH excluding ortho intramolecular Hbond substituents is 2. The molecule has 4 bridgehead atoms. The first-order valence-electron chi connectivity index (χ1n) is 30.0. The number of carbonyl (C=O) groups is 1. The number of fused-ring (bicyclic) bond motifs is 10. The second-order valence-corrected chi connectivity index (χ2v) is 24.9. The van der Waals surface area contributed by atoms with Gasteiger partial charge in [-0.2, -0.15) is 0 Å². The van der Waals surface area contributed by atoms with Crippen LogP contribution in [0.15, 0.2) is 116 Å². The average molecular weight is 1120 g/mol. The number of aromatic hydroxyl groups is 2. The van der Waals surface area contributed by atoms with Crippen molar-refractivity contribution in [3.8, 4) is 17.2 Å². The van der Waals surface area contributed by atoms with Crippen LogP contribution in [0.3, 0.4) is 0 Å². The van der Waals surface area contributed by atoms with Gasteiger partial charge in [-0.25, -0.2) is 4.79 Å². The normalized spacial score (nSPS) is 30.3. The lowest BCUT2D eigenvalue weighted by atomic mass is 9.54. The van der Waals surface area contributed by atoms with Crippen molar-refractivity contribution in [2.24, 2.45) is 28.9 Å². The van der Waals surface area contributed by atoms with Gasteiger partial charge in [0.2, 0.25) is 0 Å². The van der Waals surface area contributed by atoms with E-state index in [-0.39, 0.29) is 89.2 Å². The molecule has 436 valence electrons. The van der Waals surface area contributed by atoms with Crippen LogP contribution >= 0.6 is 0 Å². The van der Waals surface area contributed by atoms with E-state index in [1.807, 2.05) is 37.3 Å². The minimum Gasteiger partial charge on any atom is -0.508 e. The molecule has 16 nitrogen and oxygen atoms in total. The van der Waals surface area contributed by atoms with Crippen molar-refractivity contribution in [1.82, 2.24) is 16.0 Å². The molecule has 3 aromatic carbocycles. The third-order valence-corrected chi connectivity index (χ3v) is 20.6. The summed E-state index contributed by atoms with van der Waals surface area (Å²) < 4.78 is 21.6. The van der Waals surface area contributed by atoms with Gasteiger partial charge in [-0.15, -0.1) is 0 Å². The molecule has 3 saturated carbocycles. The summed E-state index contributed by atoms with van der Waals surface area (Å²) in [6, 6.07) is 14.3. The van der Waals surface area contributed by atoms with Crippen molar-refractivity contribution in [2.45, 2.75) is 165 Å². The van der Waals surface area contributed by atoms with Crippen molar-refractivity contribution >= 4 is 16.9 Å². The zero-order chi connectivity index (χ0) is 57.4. The Hall–Kier alpha value is -6.40. The van der Waals surface area contributed by atoms with Gasteiger partial charge in [-0.1, -0.05) is 62.2 Å². The maximum atomic E-state index is 15.6. The third-order valence-electron chi connectivity index (χ3n) is 20.6. The van der Waals surface area contributed by atoms with Crippen molar-refractivity contribution in [3.05, 3.63) is 156 Å². The second kappa shape index (κ2) is 22.0. The minimum atomic E-state index is -1.60. The molecule has 3 fully saturated rings. The van der Waals surface area contributed by atoms with Crippen LogP contribution in [0.2, 0.25) is 0 Å². The fourth-order valence-electron chi connectivity index (χ4n) is 16.8. The number of carbonyl (C=O) groups excluding carboxylic acids is 1. The number of esters is 1. The molecule has 0 saturated heterocycles. The Bertz CT molecular complexity index is 3410. The maximum Gasteiger partial charge on any atom is 0.337 e. The third kappa shape index (κ3) is 9.36. The molecule has 1 spiro atoms. The van der Waals surface area contributed by atoms with Gasteiger partial charge in [-0.3, -0.25) is 10.1 Å². The lowest BCUT2D eigenvalue weighted by molar-refractivity contribution is -0.172. The number of allylic oxidation sites excluding steroid dienone is 5. The van der Waals surface area contributed by atoms with E-state index in [2.05, 4.69) is 41.2 Å². The smallest absolute Gasteiger partial charge is 0.337 e. The van der Waals surface area contributed by atoms with E-state index in [1.165, 1.54) is 5.57 Å². The molecule has 4 aromatic rings. The summed E-state index contributed by atoms with van der Waals surface area (Å²) in [5.41, 5.74) is 11.5. The first-order valence-corrected chi connectivity index (χ1v) is 30.0. The topological polar surface area (TPSA) is 269 Å². The predicted octanol–water partition coefficient (Wildman–Crippen LogP) is 7.82. The Balaban J connectivity index is 1.09. The van der Waals surface area contributed by atoms with Gasteiger partial charge in [-0.05, 0) is 177 Å². The molecule has 12 N–H and O–H groups in total. The van der Waals surface area contributed by atoms with Crippen molar-refractivity contribution in [2.75, 3.05) is 26.3 Å². The highest BCUT2D eigenvalue weighted by atomic mass is 16.6. The largest absolute Gasteiger partial charge is 0.508 e. The molecule has 1 unspecified atom stereocenters. The standard InChI is InChI=1S/C66H80N4O12/c1-4-48(66(79)21-17-38(31-66)35-10-8-11-37(24-35)50(75)12-9-23-71)63(78)81-52-29-46-59(77)56-51(76)28-42(33-72)80-61(56)57-54-44-18-22-69-62(67)55(44)58(65(19-6-7-20-65)30-39-13-15-41(74)27-45(39)47(54)34-73)43-16-14-36-26-53(68-5-2)70-32-40(36)25-49(43)64(52,3)82-60(46)57/h4,8,10-11,13,15,18,24,26-28,32,38,43,47,49-50,52-54,58,68-75,77,79H,5-7,9,12,14,16-17,19-23,25,29-31,33-34,67H2,1-3H3/b48-4+/t38-,43-,47-,49-,50-,52+,53?,54+,58-,64-,66-/m0/s1. The van der Waals surface area contributed by atoms with Gasteiger partial charge in [0.05, 0.1) is 30.1 Å². The van der Waals surface area contributed by atoms with Crippen LogP contribution in [0.1, 0.15) is 161 Å². The summed E-state index contributed by atoms with van der Waals surface area (Å²) >= 11 is 0. The lowest BCUT2D eigenvalue weighted by Crippen LogP contribution is -2.60. The van der Waals surface area contributed by atoms with Crippen LogP contribution in [0.5, 0.6) is 17.2 Å². The predicted molar refractivity (Wildman–Crippen MR) is 309 cm³/mol. The summed E-state index contributed by atoms with van der Waals surface area (Å²) in [7, 11) is 0. The molecule has 16 heteroatoms. The number of phenols is 2. The molecule has 1 aromatic heterocycles. The van der Waals surface area contributed by atoms with Crippen molar-refractivity contribution in [3.63, 3.8) is 0 Å². The number of hydrogen-bond acceptors (Lipinski definition) is 16. The van der Waals surface area contributed by atoms with Crippen LogP contribution in [0.25, 0.3) is 11.0 Å². The molecule has 8 aliphatic rings. The molecule has 0 amide bonds. The highest BCUT2D eigenvalue weighted by Crippen LogP contribution is 2.66. The molecular weight excluding hydrogens is 1040 g/mol. The SMILES string of the molecule is C/C=C(\C(=O)O[C@@H]1Cc2c3c(c4oc(CO)cc(=O)c4c2O)[C@@H]2C4=CCNC(N)=C4[C@H]([C@H]4CCC5=CC(NCC)NC=C5C[C@@H]4[C@]1(C)O3)C1(CCCC1)Cc1ccc(O)cc1[C@@H]2CO)[C@]1(O)CC[C@H](c2cccc([C@@H](O)CCCO)c2)C1. The summed E-state index contributed by atoms with van der Waals surface area (Å²) in [6.07, 6.45) is 14.1. The Kier molecular flexibility index (Phi) is 15.0. The fourth-order valence-corrected chi connectivity index (χ4v) is 16.8. The Morgan fingerprint density at radius 1 is 1.04 bits per heavy atom. The number of dihydropyridines is 2. The molecule has 82 heavy (non-hydrogen) atoms. The number of ether oxygens (including phenoxy) is 2. The van der Waals surface area contributed by atoms with E-state index in [9.17, 15) is 40.5 Å². The summed E-state index contributed by atoms with van der Waals surface area (Å²) in [6.45, 7) is 5.84. The summed E-state index contributed by atoms with van der Waals surface area (Å²) in [5.74, 6) is -3.23. The zero-order valence-electron chi connectivity index (χ0n) is 47.3. The number of aliphatic hydroxyl groups is 5. The van der Waals surface area contributed by atoms with E-state index in [1.54, 1.807) is 25.1 Å². The average Bonchev–Trinajstić information content (AvgIpc) is 1.55. The number of aliphatic hydroxyl groups excluding tert-OH is 4. The van der Waals surface area contributed by atoms with E-state index in [4.69, 9.17) is 19.6 Å². The minimum absolute atomic E-state index is 0.0178. The van der Waals surface area contributed by atoms with E-state index >= 15 is 4.79 Å². The van der Waals surface area contributed by atoms with E-state index in [0.717, 1.165) is 83.7 Å². The second-order valence-electron chi connectivity index (χ2n) is 24.9. The maximum absolute atomic E-state index is 15.6. The van der Waals surface area contributed by atoms with Crippen LogP contribution in [0, 0.1) is 23.2 Å². The number of nitrogens with two attached hydrogens (primary N) is 1. The van der Waals surface area contributed by atoms with Crippen LogP contribution in [0.4, 0.5) is 0 Å². The summed E-state index contributed by atoms with van der Waals surface area (Å²) in [5, 5.41) is 91.1. The van der Waals surface area contributed by atoms with Crippen LogP contribution in [-0.2, 0) is 29.0 Å². The Labute approximate surface area is 478 Å². The van der Waals surface area contributed by atoms with Crippen molar-refractivity contribution < 1.29 is 54.4 Å². The van der Waals surface area contributed by atoms with E-state index < -0.39 is 76.9 Å². The molecule has 5 heterocycles. The van der Waals surface area contributed by atoms with Crippen LogP contribution < -0.4 is 31.8 Å². The van der Waals surface area contributed by atoms with Gasteiger partial charge in [0, 0.05) is 60.7 Å². The highest BCUT2D eigenvalue weighted by Gasteiger charge is 2.61. The van der Waals surface area contributed by atoms with Gasteiger partial charge in [0.1, 0.15) is 58.1 Å². The molecule has 4 aliphatic carbocycles. The number of rotatable bonds is 12. The first-order chi connectivity index (χ1) is 39.6. The van der Waals surface area contributed by atoms with Gasteiger partial charge < -0.3 is 66.0 Å². The molecule has 4 aliphatic heterocycles. The summed E-state index contributed by atoms with van der Waals surface area (Å²) in [4.78, 5) is 30.3. The van der Waals surface area contributed by atoms with Crippen molar-refractivity contribution in [1.29, 1.82) is 0 Å². The van der Waals surface area contributed by atoms with Crippen LogP contribution in [-0.4, -0.2) is 91.5 Å². The highest BCUT2D eigenvalue weighted by molar-refractivity contribution is 5.93. The number of hydrogen-bond donors (Lipinski definition) is 11. The number of benzene rings is 3. The number of likely N-dealkylation sites (N-methyl/N-ethyl adjacent to an activating group) is 1. The van der Waals surface area contributed by atoms with E-state index in [0.29, 0.717) is 56.5 Å². The molecule has 0 radical (unpaired) electrons. The van der Waals surface area contributed by atoms with Gasteiger partial charge in [0.15, 0.2) is 5.43 Å². The Morgan fingerprint density at radius 2 is 1.85 bits per heavy atom. The zero-order valence-corrected chi connectivity index (χ0v) is 47.3. The number of nitrogens with one attached hydrogen (secondary N) is 3. The monoisotopic (exact) mass is 1120 g/mol. The fraction of sp³-hybridized carbons (Fsp3) is 0.515. The molecular formula is C66H80N4O12. The molecule has 11 atom stereocenters. The molecule has 12 rings (SSSR count). The lowest BCUT2D eigenvalue weighted by Gasteiger charge is -2.55. The Morgan fingerprint density at radius 3 is 2.61 bits per heavy atom. The van der Waals surface area contributed by atoms with Gasteiger partial charge in [0.25, 0.3) is 0 Å². The van der Waals surface area contributed by atoms with Gasteiger partial charge >= 0.3 is 5.97 Å².